The Kier molecular flexibility index (Phi) is 4.31. The van der Waals surface area contributed by atoms with E-state index < -0.39 is 10.1 Å². The molecule has 0 spiro atoms. The Morgan fingerprint density at radius 1 is 1.00 bits per heavy atom. The van der Waals surface area contributed by atoms with Gasteiger partial charge in [-0.15, -0.1) is 0 Å². The zero-order chi connectivity index (χ0) is 13.9. The molecule has 2 rings (SSSR count). The van der Waals surface area contributed by atoms with Gasteiger partial charge in [-0.25, -0.2) is 0 Å². The van der Waals surface area contributed by atoms with Gasteiger partial charge in [0.05, 0.1) is 10.7 Å². The Hall–Kier alpha value is -1.28. The van der Waals surface area contributed by atoms with Crippen molar-refractivity contribution in [3.8, 4) is 11.5 Å². The van der Waals surface area contributed by atoms with E-state index in [2.05, 4.69) is 0 Å². The van der Waals surface area contributed by atoms with Crippen LogP contribution in [0.5, 0.6) is 11.5 Å². The van der Waals surface area contributed by atoms with E-state index in [1.165, 1.54) is 19.2 Å². The van der Waals surface area contributed by atoms with Crippen LogP contribution in [0.2, 0.25) is 0 Å². The molecule has 0 bridgehead atoms. The average Bonchev–Trinajstić information content (AvgIpc) is 2.42. The maximum Gasteiger partial charge on any atom is 0.339 e. The van der Waals surface area contributed by atoms with Crippen LogP contribution in [0.15, 0.2) is 53.4 Å². The largest absolute Gasteiger partial charge is 0.493 e. The maximum atomic E-state index is 12.1. The summed E-state index contributed by atoms with van der Waals surface area (Å²) in [6, 6.07) is 13.2. The van der Waals surface area contributed by atoms with E-state index >= 15 is 0 Å². The molecule has 0 atom stereocenters. The van der Waals surface area contributed by atoms with Crippen LogP contribution in [0.3, 0.4) is 0 Å². The summed E-state index contributed by atoms with van der Waals surface area (Å²) in [6.45, 7) is 0. The Labute approximate surface area is 125 Å². The van der Waals surface area contributed by atoms with Gasteiger partial charge in [-0.05, 0) is 46.9 Å². The molecular formula is C13H11IO4S. The summed E-state index contributed by atoms with van der Waals surface area (Å²) in [5.41, 5.74) is 0. The van der Waals surface area contributed by atoms with Gasteiger partial charge in [-0.1, -0.05) is 24.3 Å². The molecule has 2 aromatic rings. The summed E-state index contributed by atoms with van der Waals surface area (Å²) in [6.07, 6.45) is 0. The molecule has 4 nitrogen and oxygen atoms in total. The van der Waals surface area contributed by atoms with E-state index in [0.29, 0.717) is 9.32 Å². The minimum absolute atomic E-state index is 0.108. The molecule has 6 heteroatoms. The first-order chi connectivity index (χ1) is 9.04. The Balaban J connectivity index is 2.42. The number of para-hydroxylation sites is 1. The Morgan fingerprint density at radius 2 is 1.68 bits per heavy atom. The fraction of sp³-hybridized carbons (Fsp3) is 0.0769. The molecule has 0 N–H and O–H groups in total. The first-order valence-electron chi connectivity index (χ1n) is 5.36. The molecule has 0 unspecified atom stereocenters. The highest BCUT2D eigenvalue weighted by molar-refractivity contribution is 14.1. The van der Waals surface area contributed by atoms with Crippen LogP contribution in [-0.4, -0.2) is 15.5 Å². The third-order valence-corrected chi connectivity index (χ3v) is 4.46. The molecule has 0 aromatic heterocycles. The number of ether oxygens (including phenoxy) is 1. The summed E-state index contributed by atoms with van der Waals surface area (Å²) in [5, 5.41) is 0. The monoisotopic (exact) mass is 390 g/mol. The lowest BCUT2D eigenvalue weighted by atomic mass is 10.3. The minimum atomic E-state index is -3.85. The maximum absolute atomic E-state index is 12.1. The van der Waals surface area contributed by atoms with Crippen molar-refractivity contribution in [1.82, 2.24) is 0 Å². The van der Waals surface area contributed by atoms with Crippen molar-refractivity contribution >= 4 is 32.7 Å². The van der Waals surface area contributed by atoms with Crippen molar-refractivity contribution in [2.75, 3.05) is 7.11 Å². The predicted molar refractivity (Wildman–Crippen MR) is 80.0 cm³/mol. The normalized spacial score (nSPS) is 11.1. The molecule has 100 valence electrons. The second-order valence-electron chi connectivity index (χ2n) is 3.62. The summed E-state index contributed by atoms with van der Waals surface area (Å²) in [7, 11) is -2.39. The molecule has 0 saturated carbocycles. The number of halogens is 1. The molecule has 0 aliphatic rings. The van der Waals surface area contributed by atoms with Gasteiger partial charge in [0.2, 0.25) is 0 Å². The third kappa shape index (κ3) is 3.19. The average molecular weight is 390 g/mol. The quantitative estimate of drug-likeness (QED) is 0.595. The third-order valence-electron chi connectivity index (χ3n) is 2.38. The van der Waals surface area contributed by atoms with Crippen LogP contribution in [0, 0.1) is 3.57 Å². The zero-order valence-corrected chi connectivity index (χ0v) is 13.0. The SMILES string of the molecule is COc1cccc(I)c1OS(=O)(=O)c1ccccc1. The van der Waals surface area contributed by atoms with Crippen molar-refractivity contribution in [3.05, 3.63) is 52.1 Å². The van der Waals surface area contributed by atoms with Crippen LogP contribution in [0.4, 0.5) is 0 Å². The van der Waals surface area contributed by atoms with Crippen LogP contribution >= 0.6 is 22.6 Å². The van der Waals surface area contributed by atoms with Crippen LogP contribution in [-0.2, 0) is 10.1 Å². The van der Waals surface area contributed by atoms with E-state index in [1.807, 2.05) is 22.6 Å². The lowest BCUT2D eigenvalue weighted by Crippen LogP contribution is -2.11. The smallest absolute Gasteiger partial charge is 0.339 e. The summed E-state index contributed by atoms with van der Waals surface area (Å²) in [5.74, 6) is 0.584. The second kappa shape index (κ2) is 5.79. The molecule has 0 heterocycles. The number of methoxy groups -OCH3 is 1. The standard InChI is InChI=1S/C13H11IO4S/c1-17-12-9-5-8-11(14)13(12)18-19(15,16)10-6-3-2-4-7-10/h2-9H,1H3. The van der Waals surface area contributed by atoms with Gasteiger partial charge in [0.1, 0.15) is 4.90 Å². The van der Waals surface area contributed by atoms with Gasteiger partial charge in [-0.3, -0.25) is 0 Å². The first-order valence-corrected chi connectivity index (χ1v) is 7.85. The molecule has 2 aromatic carbocycles. The number of hydrogen-bond donors (Lipinski definition) is 0. The second-order valence-corrected chi connectivity index (χ2v) is 6.33. The molecule has 0 amide bonds. The summed E-state index contributed by atoms with van der Waals surface area (Å²) >= 11 is 2.00. The Bertz CT molecular complexity index is 668. The van der Waals surface area contributed by atoms with Gasteiger partial charge < -0.3 is 8.92 Å². The first kappa shape index (κ1) is 14.1. The van der Waals surface area contributed by atoms with Crippen molar-refractivity contribution in [2.24, 2.45) is 0 Å². The summed E-state index contributed by atoms with van der Waals surface area (Å²) < 4.78 is 35.2. The lowest BCUT2D eigenvalue weighted by Gasteiger charge is -2.12. The highest BCUT2D eigenvalue weighted by atomic mass is 127. The highest BCUT2D eigenvalue weighted by Gasteiger charge is 2.20. The van der Waals surface area contributed by atoms with Crippen LogP contribution in [0.25, 0.3) is 0 Å². The molecule has 0 saturated heterocycles. The fourth-order valence-electron chi connectivity index (χ4n) is 1.48. The van der Waals surface area contributed by atoms with Crippen molar-refractivity contribution in [3.63, 3.8) is 0 Å². The summed E-state index contributed by atoms with van der Waals surface area (Å²) in [4.78, 5) is 0.108. The van der Waals surface area contributed by atoms with E-state index in [1.54, 1.807) is 36.4 Å². The van der Waals surface area contributed by atoms with Crippen molar-refractivity contribution in [1.29, 1.82) is 0 Å². The fourth-order valence-corrected chi connectivity index (χ4v) is 3.19. The number of rotatable bonds is 4. The van der Waals surface area contributed by atoms with Crippen molar-refractivity contribution < 1.29 is 17.3 Å². The zero-order valence-electron chi connectivity index (χ0n) is 10.0. The molecule has 0 aliphatic carbocycles. The molecular weight excluding hydrogens is 379 g/mol. The Morgan fingerprint density at radius 3 is 2.32 bits per heavy atom. The van der Waals surface area contributed by atoms with Gasteiger partial charge in [0, 0.05) is 0 Å². The van der Waals surface area contributed by atoms with Gasteiger partial charge in [-0.2, -0.15) is 8.42 Å². The topological polar surface area (TPSA) is 52.6 Å². The van der Waals surface area contributed by atoms with Gasteiger partial charge >= 0.3 is 10.1 Å². The lowest BCUT2D eigenvalue weighted by molar-refractivity contribution is 0.389. The predicted octanol–water partition coefficient (Wildman–Crippen LogP) is 3.07. The van der Waals surface area contributed by atoms with Crippen LogP contribution in [0.1, 0.15) is 0 Å². The number of hydrogen-bond acceptors (Lipinski definition) is 4. The highest BCUT2D eigenvalue weighted by Crippen LogP contribution is 2.34. The van der Waals surface area contributed by atoms with E-state index in [4.69, 9.17) is 8.92 Å². The minimum Gasteiger partial charge on any atom is -0.493 e. The van der Waals surface area contributed by atoms with E-state index in [0.717, 1.165) is 0 Å². The van der Waals surface area contributed by atoms with E-state index in [9.17, 15) is 8.42 Å². The molecule has 0 fully saturated rings. The van der Waals surface area contributed by atoms with Crippen LogP contribution < -0.4 is 8.92 Å². The number of benzene rings is 2. The van der Waals surface area contributed by atoms with Crippen molar-refractivity contribution in [2.45, 2.75) is 4.90 Å². The molecule has 0 radical (unpaired) electrons. The van der Waals surface area contributed by atoms with E-state index in [-0.39, 0.29) is 10.6 Å². The van der Waals surface area contributed by atoms with Gasteiger partial charge in [0.15, 0.2) is 11.5 Å². The van der Waals surface area contributed by atoms with Gasteiger partial charge in [0.25, 0.3) is 0 Å². The molecule has 0 aliphatic heterocycles. The molecule has 19 heavy (non-hydrogen) atoms.